The molecular formula is C10H16O3. The lowest BCUT2D eigenvalue weighted by molar-refractivity contribution is -0.138. The molecule has 0 spiro atoms. The van der Waals surface area contributed by atoms with Crippen molar-refractivity contribution >= 4 is 5.97 Å². The van der Waals surface area contributed by atoms with Gasteiger partial charge in [-0.2, -0.15) is 0 Å². The molecule has 0 aliphatic carbocycles. The van der Waals surface area contributed by atoms with E-state index in [9.17, 15) is 4.79 Å². The molecule has 0 fully saturated rings. The van der Waals surface area contributed by atoms with Gasteiger partial charge in [0.2, 0.25) is 0 Å². The van der Waals surface area contributed by atoms with Crippen LogP contribution < -0.4 is 0 Å². The quantitative estimate of drug-likeness (QED) is 0.408. The van der Waals surface area contributed by atoms with Gasteiger partial charge in [0.1, 0.15) is 0 Å². The SMILES string of the molecule is CCOC(=O)C(C)=CC(C)=CCO. The van der Waals surface area contributed by atoms with Crippen molar-refractivity contribution in [3.8, 4) is 0 Å². The third kappa shape index (κ3) is 5.20. The number of hydrogen-bond acceptors (Lipinski definition) is 3. The van der Waals surface area contributed by atoms with Gasteiger partial charge in [-0.05, 0) is 26.8 Å². The molecule has 0 radical (unpaired) electrons. The minimum atomic E-state index is -0.312. The molecule has 0 rings (SSSR count). The van der Waals surface area contributed by atoms with Gasteiger partial charge in [0.25, 0.3) is 0 Å². The fourth-order valence-electron chi connectivity index (χ4n) is 0.848. The van der Waals surface area contributed by atoms with Crippen LogP contribution in [0.3, 0.4) is 0 Å². The summed E-state index contributed by atoms with van der Waals surface area (Å²) < 4.78 is 4.79. The van der Waals surface area contributed by atoms with Gasteiger partial charge >= 0.3 is 5.97 Å². The zero-order valence-corrected chi connectivity index (χ0v) is 8.33. The second kappa shape index (κ2) is 6.43. The van der Waals surface area contributed by atoms with Crippen LogP contribution in [0.1, 0.15) is 20.8 Å². The number of rotatable bonds is 4. The maximum atomic E-state index is 11.1. The molecular weight excluding hydrogens is 168 g/mol. The smallest absolute Gasteiger partial charge is 0.333 e. The largest absolute Gasteiger partial charge is 0.463 e. The number of esters is 1. The summed E-state index contributed by atoms with van der Waals surface area (Å²) in [4.78, 5) is 11.1. The van der Waals surface area contributed by atoms with Crippen LogP contribution in [0.5, 0.6) is 0 Å². The van der Waals surface area contributed by atoms with E-state index in [0.29, 0.717) is 12.2 Å². The first kappa shape index (κ1) is 11.9. The first-order chi connectivity index (χ1) is 6.11. The molecule has 0 aromatic carbocycles. The predicted octanol–water partition coefficient (Wildman–Crippen LogP) is 1.43. The molecule has 74 valence electrons. The number of allylic oxidation sites excluding steroid dienone is 2. The second-order valence-corrected chi connectivity index (χ2v) is 2.68. The van der Waals surface area contributed by atoms with Crippen molar-refractivity contribution in [3.63, 3.8) is 0 Å². The number of hydrogen-bond donors (Lipinski definition) is 1. The van der Waals surface area contributed by atoms with Gasteiger partial charge in [-0.25, -0.2) is 4.79 Å². The third-order valence-corrected chi connectivity index (χ3v) is 1.45. The molecule has 0 saturated carbocycles. The van der Waals surface area contributed by atoms with Gasteiger partial charge in [0.15, 0.2) is 0 Å². The van der Waals surface area contributed by atoms with E-state index >= 15 is 0 Å². The molecule has 0 aromatic heterocycles. The standard InChI is InChI=1S/C10H16O3/c1-4-13-10(12)9(3)7-8(2)5-6-11/h5,7,11H,4,6H2,1-3H3. The summed E-state index contributed by atoms with van der Waals surface area (Å²) in [5.41, 5.74) is 1.40. The zero-order chi connectivity index (χ0) is 10.3. The molecule has 0 unspecified atom stereocenters. The predicted molar refractivity (Wildman–Crippen MR) is 51.2 cm³/mol. The van der Waals surface area contributed by atoms with Crippen molar-refractivity contribution in [2.24, 2.45) is 0 Å². The van der Waals surface area contributed by atoms with E-state index in [-0.39, 0.29) is 12.6 Å². The monoisotopic (exact) mass is 184 g/mol. The van der Waals surface area contributed by atoms with Crippen LogP contribution in [0.25, 0.3) is 0 Å². The Hall–Kier alpha value is -1.09. The lowest BCUT2D eigenvalue weighted by Gasteiger charge is -2.01. The highest BCUT2D eigenvalue weighted by Crippen LogP contribution is 2.03. The van der Waals surface area contributed by atoms with Crippen molar-refractivity contribution in [2.45, 2.75) is 20.8 Å². The second-order valence-electron chi connectivity index (χ2n) is 2.68. The average molecular weight is 184 g/mol. The Balaban J connectivity index is 4.31. The Morgan fingerprint density at radius 3 is 2.54 bits per heavy atom. The minimum absolute atomic E-state index is 0.0154. The minimum Gasteiger partial charge on any atom is -0.463 e. The zero-order valence-electron chi connectivity index (χ0n) is 8.33. The highest BCUT2D eigenvalue weighted by molar-refractivity contribution is 5.88. The summed E-state index contributed by atoms with van der Waals surface area (Å²) in [5.74, 6) is -0.312. The summed E-state index contributed by atoms with van der Waals surface area (Å²) in [7, 11) is 0. The van der Waals surface area contributed by atoms with Gasteiger partial charge in [-0.15, -0.1) is 0 Å². The number of aliphatic hydroxyl groups excluding tert-OH is 1. The van der Waals surface area contributed by atoms with Crippen LogP contribution in [0.15, 0.2) is 23.3 Å². The van der Waals surface area contributed by atoms with Crippen molar-refractivity contribution in [3.05, 3.63) is 23.3 Å². The highest BCUT2D eigenvalue weighted by atomic mass is 16.5. The highest BCUT2D eigenvalue weighted by Gasteiger charge is 2.03. The molecule has 0 aliphatic heterocycles. The molecule has 0 amide bonds. The summed E-state index contributed by atoms with van der Waals surface area (Å²) in [6, 6.07) is 0. The normalized spacial score (nSPS) is 12.9. The maximum Gasteiger partial charge on any atom is 0.333 e. The summed E-state index contributed by atoms with van der Waals surface area (Å²) >= 11 is 0. The van der Waals surface area contributed by atoms with Gasteiger partial charge in [0.05, 0.1) is 13.2 Å². The van der Waals surface area contributed by atoms with Crippen LogP contribution in [-0.2, 0) is 9.53 Å². The molecule has 0 aromatic rings. The Bertz CT molecular complexity index is 226. The molecule has 3 heteroatoms. The van der Waals surface area contributed by atoms with Crippen molar-refractivity contribution in [1.29, 1.82) is 0 Å². The van der Waals surface area contributed by atoms with Gasteiger partial charge in [0, 0.05) is 5.57 Å². The maximum absolute atomic E-state index is 11.1. The van der Waals surface area contributed by atoms with Gasteiger partial charge < -0.3 is 9.84 Å². The van der Waals surface area contributed by atoms with Gasteiger partial charge in [-0.1, -0.05) is 11.6 Å². The van der Waals surface area contributed by atoms with E-state index in [1.54, 1.807) is 26.0 Å². The Labute approximate surface area is 78.7 Å². The fraction of sp³-hybridized carbons (Fsp3) is 0.500. The summed E-state index contributed by atoms with van der Waals surface area (Å²) in [6.07, 6.45) is 3.32. The van der Waals surface area contributed by atoms with Crippen LogP contribution in [0.4, 0.5) is 0 Å². The first-order valence-corrected chi connectivity index (χ1v) is 4.24. The molecule has 0 aliphatic rings. The van der Waals surface area contributed by atoms with Gasteiger partial charge in [-0.3, -0.25) is 0 Å². The molecule has 13 heavy (non-hydrogen) atoms. The Morgan fingerprint density at radius 1 is 1.46 bits per heavy atom. The topological polar surface area (TPSA) is 46.5 Å². The van der Waals surface area contributed by atoms with Crippen LogP contribution in [0, 0.1) is 0 Å². The molecule has 0 heterocycles. The van der Waals surface area contributed by atoms with E-state index in [0.717, 1.165) is 5.57 Å². The molecule has 1 N–H and O–H groups in total. The fourth-order valence-corrected chi connectivity index (χ4v) is 0.848. The van der Waals surface area contributed by atoms with Crippen LogP contribution in [-0.4, -0.2) is 24.3 Å². The molecule has 0 atom stereocenters. The van der Waals surface area contributed by atoms with Crippen LogP contribution >= 0.6 is 0 Å². The third-order valence-electron chi connectivity index (χ3n) is 1.45. The Kier molecular flexibility index (Phi) is 5.89. The number of aliphatic hydroxyl groups is 1. The van der Waals surface area contributed by atoms with Crippen molar-refractivity contribution in [1.82, 2.24) is 0 Å². The number of ether oxygens (including phenoxy) is 1. The van der Waals surface area contributed by atoms with Crippen molar-refractivity contribution in [2.75, 3.05) is 13.2 Å². The van der Waals surface area contributed by atoms with E-state index in [4.69, 9.17) is 9.84 Å². The Morgan fingerprint density at radius 2 is 2.08 bits per heavy atom. The van der Waals surface area contributed by atoms with E-state index in [1.165, 1.54) is 0 Å². The lowest BCUT2D eigenvalue weighted by Crippen LogP contribution is -2.05. The van der Waals surface area contributed by atoms with E-state index in [2.05, 4.69) is 0 Å². The number of carbonyl (C=O) groups is 1. The molecule has 3 nitrogen and oxygen atoms in total. The van der Waals surface area contributed by atoms with E-state index < -0.39 is 0 Å². The van der Waals surface area contributed by atoms with E-state index in [1.807, 2.05) is 6.92 Å². The molecule has 0 bridgehead atoms. The lowest BCUT2D eigenvalue weighted by atomic mass is 10.2. The van der Waals surface area contributed by atoms with Crippen molar-refractivity contribution < 1.29 is 14.6 Å². The molecule has 0 saturated heterocycles. The van der Waals surface area contributed by atoms with Crippen LogP contribution in [0.2, 0.25) is 0 Å². The summed E-state index contributed by atoms with van der Waals surface area (Å²) in [6.45, 7) is 5.64. The average Bonchev–Trinajstić information content (AvgIpc) is 2.05. The first-order valence-electron chi connectivity index (χ1n) is 4.24. The summed E-state index contributed by atoms with van der Waals surface area (Å²) in [5, 5.41) is 8.57. The number of carbonyl (C=O) groups excluding carboxylic acids is 1.